The SMILES string of the molecule is CCc1cccc2c(CCCN3CCN(C)CC3)c[nH]c12. The molecule has 21 heavy (non-hydrogen) atoms. The predicted molar refractivity (Wildman–Crippen MR) is 89.9 cm³/mol. The molecule has 0 amide bonds. The van der Waals surface area contributed by atoms with Gasteiger partial charge in [0.05, 0.1) is 0 Å². The molecule has 0 spiro atoms. The maximum absolute atomic E-state index is 3.48. The van der Waals surface area contributed by atoms with Gasteiger partial charge in [-0.3, -0.25) is 0 Å². The molecule has 1 aliphatic rings. The standard InChI is InChI=1S/C18H27N3/c1-3-15-6-4-8-17-16(14-19-18(15)17)7-5-9-21-12-10-20(2)11-13-21/h4,6,8,14,19H,3,5,7,9-13H2,1-2H3. The number of para-hydroxylation sites is 1. The third kappa shape index (κ3) is 3.30. The predicted octanol–water partition coefficient (Wildman–Crippen LogP) is 2.91. The zero-order chi connectivity index (χ0) is 14.7. The Hall–Kier alpha value is -1.32. The molecule has 3 rings (SSSR count). The van der Waals surface area contributed by atoms with Gasteiger partial charge >= 0.3 is 0 Å². The number of likely N-dealkylation sites (N-methyl/N-ethyl adjacent to an activating group) is 1. The number of fused-ring (bicyclic) bond motifs is 1. The molecule has 0 atom stereocenters. The monoisotopic (exact) mass is 285 g/mol. The fourth-order valence-corrected chi connectivity index (χ4v) is 3.34. The molecule has 1 aromatic heterocycles. The summed E-state index contributed by atoms with van der Waals surface area (Å²) in [6.07, 6.45) is 5.75. The van der Waals surface area contributed by atoms with Crippen LogP contribution in [0.1, 0.15) is 24.5 Å². The van der Waals surface area contributed by atoms with E-state index in [1.165, 1.54) is 67.6 Å². The second-order valence-corrected chi connectivity index (χ2v) is 6.26. The summed E-state index contributed by atoms with van der Waals surface area (Å²) in [5.41, 5.74) is 4.25. The van der Waals surface area contributed by atoms with Crippen LogP contribution in [-0.2, 0) is 12.8 Å². The molecule has 1 saturated heterocycles. The van der Waals surface area contributed by atoms with Gasteiger partial charge in [-0.25, -0.2) is 0 Å². The van der Waals surface area contributed by atoms with E-state index in [2.05, 4.69) is 53.2 Å². The first kappa shape index (κ1) is 14.6. The molecule has 0 saturated carbocycles. The molecule has 1 N–H and O–H groups in total. The Kier molecular flexibility index (Phi) is 4.61. The van der Waals surface area contributed by atoms with Crippen molar-refractivity contribution in [3.8, 4) is 0 Å². The Bertz CT molecular complexity index is 579. The molecule has 0 radical (unpaired) electrons. The van der Waals surface area contributed by atoms with Gasteiger partial charge in [0, 0.05) is 43.3 Å². The highest BCUT2D eigenvalue weighted by atomic mass is 15.2. The number of aromatic nitrogens is 1. The maximum Gasteiger partial charge on any atom is 0.0489 e. The Morgan fingerprint density at radius 2 is 1.90 bits per heavy atom. The lowest BCUT2D eigenvalue weighted by Crippen LogP contribution is -2.44. The van der Waals surface area contributed by atoms with Crippen molar-refractivity contribution in [3.63, 3.8) is 0 Å². The van der Waals surface area contributed by atoms with Crippen LogP contribution in [0.3, 0.4) is 0 Å². The van der Waals surface area contributed by atoms with Gasteiger partial charge in [0.1, 0.15) is 0 Å². The molecule has 2 aromatic rings. The molecule has 0 bridgehead atoms. The maximum atomic E-state index is 3.48. The molecule has 1 aromatic carbocycles. The van der Waals surface area contributed by atoms with Crippen LogP contribution >= 0.6 is 0 Å². The Morgan fingerprint density at radius 1 is 1.10 bits per heavy atom. The van der Waals surface area contributed by atoms with Gasteiger partial charge in [-0.05, 0) is 44.0 Å². The van der Waals surface area contributed by atoms with Crippen molar-refractivity contribution in [2.75, 3.05) is 39.8 Å². The van der Waals surface area contributed by atoms with Crippen molar-refractivity contribution < 1.29 is 0 Å². The van der Waals surface area contributed by atoms with Crippen LogP contribution in [0.25, 0.3) is 10.9 Å². The first-order valence-corrected chi connectivity index (χ1v) is 8.26. The Labute approximate surface area is 127 Å². The number of aryl methyl sites for hydroxylation is 2. The normalized spacial score (nSPS) is 17.6. The smallest absolute Gasteiger partial charge is 0.0489 e. The minimum absolute atomic E-state index is 1.10. The van der Waals surface area contributed by atoms with Gasteiger partial charge in [-0.2, -0.15) is 0 Å². The molecule has 0 aliphatic carbocycles. The molecule has 3 heteroatoms. The van der Waals surface area contributed by atoms with Gasteiger partial charge in [-0.15, -0.1) is 0 Å². The van der Waals surface area contributed by atoms with Gasteiger partial charge in [0.2, 0.25) is 0 Å². The first-order chi connectivity index (χ1) is 10.3. The Balaban J connectivity index is 1.58. The summed E-state index contributed by atoms with van der Waals surface area (Å²) in [5, 5.41) is 1.42. The number of benzene rings is 1. The summed E-state index contributed by atoms with van der Waals surface area (Å²) in [7, 11) is 2.22. The minimum Gasteiger partial charge on any atom is -0.361 e. The van der Waals surface area contributed by atoms with Crippen LogP contribution in [0.4, 0.5) is 0 Å². The van der Waals surface area contributed by atoms with Crippen molar-refractivity contribution in [2.24, 2.45) is 0 Å². The number of H-pyrrole nitrogens is 1. The largest absolute Gasteiger partial charge is 0.361 e. The second kappa shape index (κ2) is 6.63. The Morgan fingerprint density at radius 3 is 2.67 bits per heavy atom. The van der Waals surface area contributed by atoms with E-state index < -0.39 is 0 Å². The van der Waals surface area contributed by atoms with Crippen molar-refractivity contribution in [2.45, 2.75) is 26.2 Å². The van der Waals surface area contributed by atoms with Crippen molar-refractivity contribution in [1.29, 1.82) is 0 Å². The highest BCUT2D eigenvalue weighted by Crippen LogP contribution is 2.23. The zero-order valence-electron chi connectivity index (χ0n) is 13.4. The van der Waals surface area contributed by atoms with E-state index in [1.807, 2.05) is 0 Å². The number of aromatic amines is 1. The lowest BCUT2D eigenvalue weighted by molar-refractivity contribution is 0.153. The highest BCUT2D eigenvalue weighted by molar-refractivity contribution is 5.86. The summed E-state index contributed by atoms with van der Waals surface area (Å²) in [4.78, 5) is 8.50. The van der Waals surface area contributed by atoms with E-state index in [0.29, 0.717) is 0 Å². The summed E-state index contributed by atoms with van der Waals surface area (Å²) < 4.78 is 0. The second-order valence-electron chi connectivity index (χ2n) is 6.26. The van der Waals surface area contributed by atoms with Crippen LogP contribution in [0, 0.1) is 0 Å². The van der Waals surface area contributed by atoms with Crippen LogP contribution < -0.4 is 0 Å². The number of hydrogen-bond acceptors (Lipinski definition) is 2. The van der Waals surface area contributed by atoms with Crippen molar-refractivity contribution >= 4 is 10.9 Å². The lowest BCUT2D eigenvalue weighted by atomic mass is 10.0. The van der Waals surface area contributed by atoms with Gasteiger partial charge in [0.25, 0.3) is 0 Å². The number of hydrogen-bond donors (Lipinski definition) is 1. The third-order valence-corrected chi connectivity index (χ3v) is 4.78. The van der Waals surface area contributed by atoms with E-state index in [9.17, 15) is 0 Å². The number of nitrogens with one attached hydrogen (secondary N) is 1. The molecule has 3 nitrogen and oxygen atoms in total. The van der Waals surface area contributed by atoms with E-state index in [0.717, 1.165) is 6.42 Å². The quantitative estimate of drug-likeness (QED) is 0.912. The fraction of sp³-hybridized carbons (Fsp3) is 0.556. The van der Waals surface area contributed by atoms with Gasteiger partial charge in [-0.1, -0.05) is 25.1 Å². The minimum atomic E-state index is 1.10. The van der Waals surface area contributed by atoms with Crippen LogP contribution in [0.2, 0.25) is 0 Å². The van der Waals surface area contributed by atoms with E-state index in [-0.39, 0.29) is 0 Å². The molecule has 1 fully saturated rings. The first-order valence-electron chi connectivity index (χ1n) is 8.26. The van der Waals surface area contributed by atoms with Crippen LogP contribution in [-0.4, -0.2) is 54.6 Å². The number of piperazine rings is 1. The molecule has 2 heterocycles. The summed E-state index contributed by atoms with van der Waals surface area (Å²) in [5.74, 6) is 0. The molecule has 1 aliphatic heterocycles. The van der Waals surface area contributed by atoms with E-state index in [1.54, 1.807) is 0 Å². The van der Waals surface area contributed by atoms with Crippen LogP contribution in [0.15, 0.2) is 24.4 Å². The highest BCUT2D eigenvalue weighted by Gasteiger charge is 2.13. The topological polar surface area (TPSA) is 22.3 Å². The molecule has 0 unspecified atom stereocenters. The molecule has 114 valence electrons. The van der Waals surface area contributed by atoms with Crippen LogP contribution in [0.5, 0.6) is 0 Å². The summed E-state index contributed by atoms with van der Waals surface area (Å²) >= 11 is 0. The fourth-order valence-electron chi connectivity index (χ4n) is 3.34. The zero-order valence-corrected chi connectivity index (χ0v) is 13.4. The lowest BCUT2D eigenvalue weighted by Gasteiger charge is -2.32. The average Bonchev–Trinajstić information content (AvgIpc) is 2.92. The van der Waals surface area contributed by atoms with Crippen molar-refractivity contribution in [1.82, 2.24) is 14.8 Å². The van der Waals surface area contributed by atoms with Gasteiger partial charge < -0.3 is 14.8 Å². The number of nitrogens with zero attached hydrogens (tertiary/aromatic N) is 2. The molecular formula is C18H27N3. The summed E-state index contributed by atoms with van der Waals surface area (Å²) in [6.45, 7) is 8.34. The number of rotatable bonds is 5. The average molecular weight is 285 g/mol. The molecular weight excluding hydrogens is 258 g/mol. The third-order valence-electron chi connectivity index (χ3n) is 4.78. The van der Waals surface area contributed by atoms with E-state index >= 15 is 0 Å². The van der Waals surface area contributed by atoms with Gasteiger partial charge in [0.15, 0.2) is 0 Å². The van der Waals surface area contributed by atoms with Crippen molar-refractivity contribution in [3.05, 3.63) is 35.5 Å². The van der Waals surface area contributed by atoms with E-state index in [4.69, 9.17) is 0 Å². The summed E-state index contributed by atoms with van der Waals surface area (Å²) in [6, 6.07) is 6.68.